The number of halogens is 4. The van der Waals surface area contributed by atoms with Crippen molar-refractivity contribution in [2.24, 2.45) is 0 Å². The molecule has 2 aliphatic rings. The van der Waals surface area contributed by atoms with Crippen LogP contribution < -0.4 is 74.2 Å². The summed E-state index contributed by atoms with van der Waals surface area (Å²) in [4.78, 5) is 43.3. The summed E-state index contributed by atoms with van der Waals surface area (Å²) in [5.74, 6) is -2.57. The van der Waals surface area contributed by atoms with Crippen molar-refractivity contribution in [2.45, 2.75) is 62.1 Å². The monoisotopic (exact) mass is 623 g/mol. The fourth-order valence-electron chi connectivity index (χ4n) is 3.85. The largest absolute Gasteiger partial charge is 1.00 e. The minimum Gasteiger partial charge on any atom is -0.790 e. The van der Waals surface area contributed by atoms with E-state index in [9.17, 15) is 42.8 Å². The second-order valence-electron chi connectivity index (χ2n) is 7.97. The van der Waals surface area contributed by atoms with Gasteiger partial charge in [0.25, 0.3) is 0 Å². The molecule has 0 spiro atoms. The van der Waals surface area contributed by atoms with Crippen molar-refractivity contribution in [1.29, 1.82) is 0 Å². The minimum absolute atomic E-state index is 0. The van der Waals surface area contributed by atoms with Crippen LogP contribution in [0, 0.1) is 0 Å². The normalized spacial score (nSPS) is 26.8. The number of carboxylic acids is 1. The summed E-state index contributed by atoms with van der Waals surface area (Å²) in [6.07, 6.45) is -7.78. The van der Waals surface area contributed by atoms with Gasteiger partial charge in [-0.1, -0.05) is 0 Å². The SMILES string of the molecule is O=C(O)C(F)(F)F.O=P([O-])([O-])O[C@@H]1CCC[C@H]1Nc1nc(Cl)nc2c1ncn2[C@@H]1O[C@H](CO)[C@@H](O)[C@H]1O.[Na+].[Na+]. The van der Waals surface area contributed by atoms with Crippen LogP contribution in [0.1, 0.15) is 25.5 Å². The van der Waals surface area contributed by atoms with Crippen molar-refractivity contribution < 1.29 is 121 Å². The van der Waals surface area contributed by atoms with Gasteiger partial charge in [-0.15, -0.1) is 0 Å². The Balaban J connectivity index is 0.000000752. The van der Waals surface area contributed by atoms with Gasteiger partial charge in [0, 0.05) is 0 Å². The Morgan fingerprint density at radius 2 is 1.87 bits per heavy atom. The van der Waals surface area contributed by atoms with Crippen LogP contribution in [0.15, 0.2) is 6.33 Å². The zero-order chi connectivity index (χ0) is 27.7. The molecule has 1 saturated carbocycles. The van der Waals surface area contributed by atoms with Crippen LogP contribution in [0.25, 0.3) is 11.2 Å². The van der Waals surface area contributed by atoms with Crippen LogP contribution in [0.4, 0.5) is 19.0 Å². The number of carbonyl (C=O) groups is 1. The summed E-state index contributed by atoms with van der Waals surface area (Å²) < 4.78 is 54.2. The molecular weight excluding hydrogens is 604 g/mol. The van der Waals surface area contributed by atoms with E-state index < -0.39 is 63.3 Å². The number of nitrogens with zero attached hydrogens (tertiary/aromatic N) is 4. The first-order chi connectivity index (χ1) is 17.1. The summed E-state index contributed by atoms with van der Waals surface area (Å²) in [6, 6.07) is -0.519. The van der Waals surface area contributed by atoms with Gasteiger partial charge < -0.3 is 49.4 Å². The summed E-state index contributed by atoms with van der Waals surface area (Å²) in [5, 5.41) is 39.5. The molecule has 1 aliphatic carbocycles. The number of aliphatic hydroxyl groups excluding tert-OH is 3. The van der Waals surface area contributed by atoms with E-state index in [0.29, 0.717) is 19.3 Å². The molecule has 0 unspecified atom stereocenters. The Kier molecular flexibility index (Phi) is 14.0. The zero-order valence-electron chi connectivity index (χ0n) is 20.4. The maximum atomic E-state index is 11.0. The number of nitrogens with one attached hydrogen (secondary N) is 1. The van der Waals surface area contributed by atoms with E-state index in [1.807, 2.05) is 0 Å². The molecule has 2 aromatic rings. The first-order valence-electron chi connectivity index (χ1n) is 10.4. The minimum atomic E-state index is -5.15. The smallest absolute Gasteiger partial charge is 0.790 e. The number of rotatable bonds is 6. The Bertz CT molecular complexity index is 1180. The van der Waals surface area contributed by atoms with Gasteiger partial charge in [0.05, 0.1) is 32.9 Å². The number of alkyl halides is 3. The van der Waals surface area contributed by atoms with E-state index >= 15 is 0 Å². The molecule has 15 nitrogen and oxygen atoms in total. The third-order valence-corrected chi connectivity index (χ3v) is 6.17. The Labute approximate surface area is 266 Å². The molecule has 22 heteroatoms. The summed E-state index contributed by atoms with van der Waals surface area (Å²) in [5.41, 5.74) is 0.427. The summed E-state index contributed by atoms with van der Waals surface area (Å²) >= 11 is 6.04. The van der Waals surface area contributed by atoms with Crippen molar-refractivity contribution in [3.63, 3.8) is 0 Å². The van der Waals surface area contributed by atoms with E-state index in [4.69, 9.17) is 26.2 Å². The summed E-state index contributed by atoms with van der Waals surface area (Å²) in [6.45, 7) is -0.490. The third kappa shape index (κ3) is 9.42. The number of imidazole rings is 1. The Morgan fingerprint density at radius 1 is 1.26 bits per heavy atom. The zero-order valence-corrected chi connectivity index (χ0v) is 26.0. The fraction of sp³-hybridized carbons (Fsp3) is 0.647. The second kappa shape index (κ2) is 14.8. The molecule has 3 heterocycles. The molecular formula is C17H20ClF3N5Na2O10P. The number of fused-ring (bicyclic) bond motifs is 1. The first-order valence-corrected chi connectivity index (χ1v) is 12.3. The van der Waals surface area contributed by atoms with Gasteiger partial charge >= 0.3 is 71.3 Å². The predicted molar refractivity (Wildman–Crippen MR) is 111 cm³/mol. The van der Waals surface area contributed by atoms with Crippen LogP contribution >= 0.6 is 19.4 Å². The second-order valence-corrected chi connectivity index (χ2v) is 9.41. The van der Waals surface area contributed by atoms with Gasteiger partial charge in [-0.05, 0) is 30.9 Å². The van der Waals surface area contributed by atoms with Gasteiger partial charge in [-0.3, -0.25) is 4.57 Å². The van der Waals surface area contributed by atoms with Crippen molar-refractivity contribution in [3.05, 3.63) is 11.6 Å². The molecule has 2 aromatic heterocycles. The predicted octanol–water partition coefficient (Wildman–Crippen LogP) is -7.09. The molecule has 4 rings (SSSR count). The van der Waals surface area contributed by atoms with Crippen LogP contribution in [-0.2, 0) is 18.6 Å². The third-order valence-electron chi connectivity index (χ3n) is 5.47. The average molecular weight is 624 g/mol. The quantitative estimate of drug-likeness (QED) is 0.114. The molecule has 39 heavy (non-hydrogen) atoms. The fourth-order valence-corrected chi connectivity index (χ4v) is 4.59. The Hall–Kier alpha value is -0.150. The van der Waals surface area contributed by atoms with Crippen LogP contribution in [0.3, 0.4) is 0 Å². The van der Waals surface area contributed by atoms with Crippen molar-refractivity contribution >= 4 is 42.4 Å². The number of aliphatic carboxylic acids is 1. The van der Waals surface area contributed by atoms with E-state index in [-0.39, 0.29) is 81.4 Å². The standard InChI is InChI=1S/C15H21ClN5O8P.C2HF3O2.2Na/c16-15-19-12(18-6-2-1-3-7(6)29-30(25,26)27)9-13(20-15)21(5-17-9)14-11(24)10(23)8(4-22)28-14;3-2(4,5)1(6)7;;/h5-8,10-11,14,22-24H,1-4H2,(H,18,19,20)(H2,25,26,27);(H,6,7);;/q;;2*+1/p-2/t6-,7-,8-,10-,11-,14-;;;/m1.../s1. The number of hydrogen-bond acceptors (Lipinski definition) is 13. The number of aromatic nitrogens is 4. The van der Waals surface area contributed by atoms with E-state index in [1.165, 1.54) is 10.9 Å². The molecule has 0 amide bonds. The van der Waals surface area contributed by atoms with E-state index in [2.05, 4.69) is 24.8 Å². The van der Waals surface area contributed by atoms with Gasteiger partial charge in [0.15, 0.2) is 23.2 Å². The van der Waals surface area contributed by atoms with Gasteiger partial charge in [0.2, 0.25) is 5.28 Å². The van der Waals surface area contributed by atoms with Gasteiger partial charge in [-0.2, -0.15) is 23.1 Å². The number of hydrogen-bond donors (Lipinski definition) is 5. The topological polar surface area (TPSA) is 235 Å². The number of aliphatic hydroxyl groups is 3. The molecule has 1 saturated heterocycles. The number of anilines is 1. The van der Waals surface area contributed by atoms with Crippen molar-refractivity contribution in [2.75, 3.05) is 11.9 Å². The number of phosphoric acid groups is 1. The molecule has 208 valence electrons. The van der Waals surface area contributed by atoms with Crippen molar-refractivity contribution in [3.8, 4) is 0 Å². The maximum absolute atomic E-state index is 11.0. The van der Waals surface area contributed by atoms with E-state index in [1.54, 1.807) is 0 Å². The summed E-state index contributed by atoms with van der Waals surface area (Å²) in [7, 11) is -5.15. The average Bonchev–Trinajstić information content (AvgIpc) is 3.46. The van der Waals surface area contributed by atoms with E-state index in [0.717, 1.165) is 0 Å². The first kappa shape index (κ1) is 36.9. The Morgan fingerprint density at radius 3 is 2.38 bits per heavy atom. The molecule has 1 aliphatic heterocycles. The number of carboxylic acid groups (broad SMARTS) is 1. The molecule has 2 fully saturated rings. The van der Waals surface area contributed by atoms with Crippen LogP contribution in [0.2, 0.25) is 5.28 Å². The molecule has 0 aromatic carbocycles. The number of ether oxygens (including phenoxy) is 1. The van der Waals surface area contributed by atoms with Crippen LogP contribution in [0.5, 0.6) is 0 Å². The van der Waals surface area contributed by atoms with Gasteiger partial charge in [0.1, 0.15) is 18.3 Å². The molecule has 0 bridgehead atoms. The number of phosphoric ester groups is 1. The van der Waals surface area contributed by atoms with Crippen LogP contribution in [-0.4, -0.2) is 89.2 Å². The van der Waals surface area contributed by atoms with Gasteiger partial charge in [-0.25, -0.2) is 9.78 Å². The maximum Gasteiger partial charge on any atom is 1.00 e. The molecule has 6 atom stereocenters. The van der Waals surface area contributed by atoms with Crippen molar-refractivity contribution in [1.82, 2.24) is 19.5 Å². The molecule has 5 N–H and O–H groups in total. The molecule has 0 radical (unpaired) electrons.